The molecule has 0 saturated heterocycles. The number of nitrogens with one attached hydrogen (secondary N) is 2. The molecule has 3 rings (SSSR count). The van der Waals surface area contributed by atoms with Crippen molar-refractivity contribution >= 4 is 21.6 Å². The number of nitrogens with zero attached hydrogens (tertiary/aromatic N) is 1. The zero-order valence-corrected chi connectivity index (χ0v) is 16.5. The number of hydrogen-bond acceptors (Lipinski definition) is 4. The van der Waals surface area contributed by atoms with E-state index in [1.165, 1.54) is 6.07 Å². The number of pyridine rings is 1. The van der Waals surface area contributed by atoms with Gasteiger partial charge in [-0.05, 0) is 66.9 Å². The Bertz CT molecular complexity index is 1100. The van der Waals surface area contributed by atoms with Gasteiger partial charge in [-0.15, -0.1) is 0 Å². The van der Waals surface area contributed by atoms with Crippen molar-refractivity contribution < 1.29 is 13.2 Å². The van der Waals surface area contributed by atoms with Gasteiger partial charge in [0.25, 0.3) is 15.9 Å². The summed E-state index contributed by atoms with van der Waals surface area (Å²) in [5.74, 6) is -0.344. The van der Waals surface area contributed by atoms with E-state index >= 15 is 0 Å². The minimum absolute atomic E-state index is 0.0746. The second-order valence-corrected chi connectivity index (χ2v) is 8.14. The van der Waals surface area contributed by atoms with Crippen LogP contribution in [-0.2, 0) is 16.6 Å². The highest BCUT2D eigenvalue weighted by atomic mass is 32.2. The molecule has 7 heteroatoms. The summed E-state index contributed by atoms with van der Waals surface area (Å²) < 4.78 is 28.3. The molecule has 2 aromatic carbocycles. The van der Waals surface area contributed by atoms with Crippen molar-refractivity contribution in [2.24, 2.45) is 0 Å². The Morgan fingerprint density at radius 1 is 1.00 bits per heavy atom. The molecule has 1 amide bonds. The van der Waals surface area contributed by atoms with Crippen molar-refractivity contribution in [1.82, 2.24) is 10.3 Å². The Morgan fingerprint density at radius 3 is 2.46 bits per heavy atom. The first-order chi connectivity index (χ1) is 13.3. The van der Waals surface area contributed by atoms with Crippen LogP contribution in [0, 0.1) is 13.8 Å². The van der Waals surface area contributed by atoms with Crippen molar-refractivity contribution in [2.45, 2.75) is 25.3 Å². The Hall–Kier alpha value is -3.19. The lowest BCUT2D eigenvalue weighted by atomic mass is 10.1. The van der Waals surface area contributed by atoms with Gasteiger partial charge in [-0.2, -0.15) is 0 Å². The van der Waals surface area contributed by atoms with Crippen LogP contribution in [-0.4, -0.2) is 19.3 Å². The van der Waals surface area contributed by atoms with E-state index in [9.17, 15) is 13.2 Å². The van der Waals surface area contributed by atoms with Crippen LogP contribution in [0.4, 0.5) is 5.69 Å². The first-order valence-corrected chi connectivity index (χ1v) is 10.2. The van der Waals surface area contributed by atoms with Crippen LogP contribution in [0.15, 0.2) is 71.9 Å². The van der Waals surface area contributed by atoms with E-state index in [1.54, 1.807) is 61.8 Å². The maximum Gasteiger partial charge on any atom is 0.262 e. The lowest BCUT2D eigenvalue weighted by Crippen LogP contribution is -2.23. The highest BCUT2D eigenvalue weighted by molar-refractivity contribution is 7.92. The first kappa shape index (κ1) is 19.6. The molecule has 2 N–H and O–H groups in total. The Morgan fingerprint density at radius 2 is 1.75 bits per heavy atom. The zero-order chi connectivity index (χ0) is 20.1. The molecule has 1 aromatic heterocycles. The SMILES string of the molecule is Cc1cccc(NS(=O)(=O)c2cc(C(=O)NCc3ccncc3)ccc2C)c1. The van der Waals surface area contributed by atoms with Gasteiger partial charge in [0.1, 0.15) is 0 Å². The van der Waals surface area contributed by atoms with E-state index in [4.69, 9.17) is 0 Å². The third-order valence-electron chi connectivity index (χ3n) is 4.21. The van der Waals surface area contributed by atoms with E-state index in [0.29, 0.717) is 17.8 Å². The molecule has 3 aromatic rings. The van der Waals surface area contributed by atoms with Gasteiger partial charge in [-0.3, -0.25) is 14.5 Å². The standard InChI is InChI=1S/C21H21N3O3S/c1-15-4-3-5-19(12-15)24-28(26,27)20-13-18(7-6-16(20)2)21(25)23-14-17-8-10-22-11-9-17/h3-13,24H,14H2,1-2H3,(H,23,25). The van der Waals surface area contributed by atoms with Crippen LogP contribution in [0.2, 0.25) is 0 Å². The summed E-state index contributed by atoms with van der Waals surface area (Å²) in [4.78, 5) is 16.5. The fourth-order valence-electron chi connectivity index (χ4n) is 2.73. The molecular formula is C21H21N3O3S. The molecule has 0 bridgehead atoms. The number of carbonyl (C=O) groups excluding carboxylic acids is 1. The minimum atomic E-state index is -3.82. The summed E-state index contributed by atoms with van der Waals surface area (Å²) in [5.41, 5.74) is 3.17. The average molecular weight is 395 g/mol. The number of sulfonamides is 1. The third kappa shape index (κ3) is 4.75. The van der Waals surface area contributed by atoms with E-state index in [2.05, 4.69) is 15.0 Å². The Kier molecular flexibility index (Phi) is 5.75. The van der Waals surface area contributed by atoms with Gasteiger partial charge < -0.3 is 5.32 Å². The monoisotopic (exact) mass is 395 g/mol. The van der Waals surface area contributed by atoms with Crippen LogP contribution >= 0.6 is 0 Å². The molecule has 0 atom stereocenters. The van der Waals surface area contributed by atoms with Crippen molar-refractivity contribution in [1.29, 1.82) is 0 Å². The van der Waals surface area contributed by atoms with Gasteiger partial charge in [-0.25, -0.2) is 8.42 Å². The predicted octanol–water partition coefficient (Wildman–Crippen LogP) is 3.43. The van der Waals surface area contributed by atoms with Gasteiger partial charge in [-0.1, -0.05) is 18.2 Å². The average Bonchev–Trinajstić information content (AvgIpc) is 2.67. The normalized spacial score (nSPS) is 11.1. The Labute approximate surface area is 164 Å². The lowest BCUT2D eigenvalue weighted by molar-refractivity contribution is 0.0950. The molecule has 0 saturated carbocycles. The van der Waals surface area contributed by atoms with Crippen LogP contribution in [0.3, 0.4) is 0 Å². The molecule has 0 fully saturated rings. The third-order valence-corrected chi connectivity index (χ3v) is 5.74. The fraction of sp³-hybridized carbons (Fsp3) is 0.143. The lowest BCUT2D eigenvalue weighted by Gasteiger charge is -2.12. The van der Waals surface area contributed by atoms with Crippen molar-refractivity contribution in [2.75, 3.05) is 4.72 Å². The van der Waals surface area contributed by atoms with Gasteiger partial charge >= 0.3 is 0 Å². The van der Waals surface area contributed by atoms with Crippen molar-refractivity contribution in [3.8, 4) is 0 Å². The maximum absolute atomic E-state index is 12.8. The molecule has 0 aliphatic carbocycles. The van der Waals surface area contributed by atoms with E-state index in [1.807, 2.05) is 13.0 Å². The summed E-state index contributed by atoms with van der Waals surface area (Å²) in [6.45, 7) is 3.92. The quantitative estimate of drug-likeness (QED) is 0.669. The molecule has 0 unspecified atom stereocenters. The van der Waals surface area contributed by atoms with E-state index in [0.717, 1.165) is 11.1 Å². The zero-order valence-electron chi connectivity index (χ0n) is 15.6. The molecule has 28 heavy (non-hydrogen) atoms. The van der Waals surface area contributed by atoms with Gasteiger partial charge in [0.15, 0.2) is 0 Å². The van der Waals surface area contributed by atoms with Gasteiger partial charge in [0.2, 0.25) is 0 Å². The number of amides is 1. The number of hydrogen-bond donors (Lipinski definition) is 2. The number of benzene rings is 2. The molecule has 0 aliphatic heterocycles. The van der Waals surface area contributed by atoms with Gasteiger partial charge in [0.05, 0.1) is 4.90 Å². The molecule has 144 valence electrons. The van der Waals surface area contributed by atoms with Crippen LogP contribution in [0.1, 0.15) is 27.0 Å². The molecule has 0 spiro atoms. The molecule has 0 aliphatic rings. The summed E-state index contributed by atoms with van der Waals surface area (Å²) in [6, 6.07) is 15.3. The topological polar surface area (TPSA) is 88.2 Å². The van der Waals surface area contributed by atoms with Crippen molar-refractivity contribution in [3.05, 3.63) is 89.2 Å². The molecular weight excluding hydrogens is 374 g/mol. The maximum atomic E-state index is 12.8. The van der Waals surface area contributed by atoms with Crippen LogP contribution in [0.25, 0.3) is 0 Å². The molecule has 0 radical (unpaired) electrons. The summed E-state index contributed by atoms with van der Waals surface area (Å²) in [5, 5.41) is 2.79. The van der Waals surface area contributed by atoms with Crippen LogP contribution in [0.5, 0.6) is 0 Å². The number of anilines is 1. The number of aryl methyl sites for hydroxylation is 2. The van der Waals surface area contributed by atoms with Gasteiger partial charge in [0, 0.05) is 30.2 Å². The minimum Gasteiger partial charge on any atom is -0.348 e. The second-order valence-electron chi connectivity index (χ2n) is 6.49. The van der Waals surface area contributed by atoms with E-state index in [-0.39, 0.29) is 16.4 Å². The number of aromatic nitrogens is 1. The van der Waals surface area contributed by atoms with Crippen LogP contribution < -0.4 is 10.0 Å². The fourth-order valence-corrected chi connectivity index (χ4v) is 4.06. The number of carbonyl (C=O) groups is 1. The highest BCUT2D eigenvalue weighted by Crippen LogP contribution is 2.21. The Balaban J connectivity index is 1.81. The summed E-state index contributed by atoms with van der Waals surface area (Å²) in [7, 11) is -3.82. The van der Waals surface area contributed by atoms with E-state index < -0.39 is 10.0 Å². The smallest absolute Gasteiger partial charge is 0.262 e. The summed E-state index contributed by atoms with van der Waals surface area (Å²) >= 11 is 0. The highest BCUT2D eigenvalue weighted by Gasteiger charge is 2.19. The number of rotatable bonds is 6. The summed E-state index contributed by atoms with van der Waals surface area (Å²) in [6.07, 6.45) is 3.30. The predicted molar refractivity (Wildman–Crippen MR) is 109 cm³/mol. The van der Waals surface area contributed by atoms with Crippen molar-refractivity contribution in [3.63, 3.8) is 0 Å². The molecule has 6 nitrogen and oxygen atoms in total. The molecule has 1 heterocycles. The largest absolute Gasteiger partial charge is 0.348 e. The first-order valence-electron chi connectivity index (χ1n) is 8.72. The second kappa shape index (κ2) is 8.22.